The molecule has 0 saturated carbocycles. The quantitative estimate of drug-likeness (QED) is 0.672. The van der Waals surface area contributed by atoms with Gasteiger partial charge in [-0.05, 0) is 19.3 Å². The molecule has 0 saturated heterocycles. The van der Waals surface area contributed by atoms with Crippen LogP contribution in [0.15, 0.2) is 11.6 Å². The Kier molecular flexibility index (Phi) is 3.94. The Morgan fingerprint density at radius 2 is 2.23 bits per heavy atom. The molecule has 0 spiro atoms. The average Bonchev–Trinajstić information content (AvgIpc) is 2.04. The summed E-state index contributed by atoms with van der Waals surface area (Å²) in [4.78, 5) is 2.46. The Morgan fingerprint density at radius 3 is 2.77 bits per heavy atom. The first-order valence-corrected chi connectivity index (χ1v) is 5.23. The van der Waals surface area contributed by atoms with Gasteiger partial charge in [0.15, 0.2) is 0 Å². The van der Waals surface area contributed by atoms with E-state index in [1.807, 2.05) is 0 Å². The van der Waals surface area contributed by atoms with Crippen molar-refractivity contribution in [2.75, 3.05) is 19.6 Å². The zero-order valence-electron chi connectivity index (χ0n) is 9.09. The minimum absolute atomic E-state index is 0.325. The van der Waals surface area contributed by atoms with Crippen LogP contribution in [0, 0.1) is 5.92 Å². The van der Waals surface area contributed by atoms with E-state index in [1.165, 1.54) is 18.5 Å². The summed E-state index contributed by atoms with van der Waals surface area (Å²) in [5.74, 6) is 0.589. The first kappa shape index (κ1) is 10.7. The predicted molar refractivity (Wildman–Crippen MR) is 57.6 cm³/mol. The van der Waals surface area contributed by atoms with Crippen LogP contribution in [0.5, 0.6) is 0 Å². The van der Waals surface area contributed by atoms with E-state index in [1.54, 1.807) is 0 Å². The van der Waals surface area contributed by atoms with Gasteiger partial charge in [-0.15, -0.1) is 0 Å². The van der Waals surface area contributed by atoms with Crippen molar-refractivity contribution in [3.63, 3.8) is 0 Å². The van der Waals surface area contributed by atoms with Crippen LogP contribution < -0.4 is 5.73 Å². The van der Waals surface area contributed by atoms with Gasteiger partial charge in [0.1, 0.15) is 0 Å². The third-order valence-electron chi connectivity index (χ3n) is 2.74. The minimum atomic E-state index is 0.325. The summed E-state index contributed by atoms with van der Waals surface area (Å²) in [7, 11) is 0. The Labute approximate surface area is 81.8 Å². The van der Waals surface area contributed by atoms with Gasteiger partial charge in [-0.1, -0.05) is 25.5 Å². The maximum atomic E-state index is 6.03. The molecule has 1 atom stereocenters. The van der Waals surface area contributed by atoms with Crippen molar-refractivity contribution in [3.8, 4) is 0 Å². The highest BCUT2D eigenvalue weighted by atomic mass is 15.1. The lowest BCUT2D eigenvalue weighted by atomic mass is 10.0. The molecule has 13 heavy (non-hydrogen) atoms. The van der Waals surface area contributed by atoms with E-state index in [0.29, 0.717) is 12.0 Å². The number of hydrogen-bond acceptors (Lipinski definition) is 2. The smallest absolute Gasteiger partial charge is 0.0191 e. The lowest BCUT2D eigenvalue weighted by Crippen LogP contribution is -2.42. The largest absolute Gasteiger partial charge is 0.326 e. The van der Waals surface area contributed by atoms with E-state index in [4.69, 9.17) is 5.73 Å². The molecule has 1 aliphatic rings. The van der Waals surface area contributed by atoms with Crippen LogP contribution in [-0.2, 0) is 0 Å². The topological polar surface area (TPSA) is 29.3 Å². The Bertz CT molecular complexity index is 185. The molecule has 0 bridgehead atoms. The molecule has 0 aromatic rings. The van der Waals surface area contributed by atoms with Crippen LogP contribution in [0.4, 0.5) is 0 Å². The maximum absolute atomic E-state index is 6.03. The molecule has 2 heteroatoms. The van der Waals surface area contributed by atoms with E-state index in [-0.39, 0.29) is 0 Å². The Balaban J connectivity index is 2.34. The summed E-state index contributed by atoms with van der Waals surface area (Å²) in [6.07, 6.45) is 3.52. The molecule has 0 amide bonds. The summed E-state index contributed by atoms with van der Waals surface area (Å²) < 4.78 is 0. The van der Waals surface area contributed by atoms with Crippen molar-refractivity contribution >= 4 is 0 Å². The monoisotopic (exact) mass is 182 g/mol. The lowest BCUT2D eigenvalue weighted by molar-refractivity contribution is 0.250. The van der Waals surface area contributed by atoms with Crippen LogP contribution in [0.1, 0.15) is 27.2 Å². The fourth-order valence-corrected chi connectivity index (χ4v) is 1.65. The van der Waals surface area contributed by atoms with Crippen LogP contribution in [0.3, 0.4) is 0 Å². The standard InChI is InChI=1S/C11H22N2/c1-9(2)11(12)8-13-6-4-5-10(3)7-13/h5,9,11H,4,6-8,12H2,1-3H3. The molecular weight excluding hydrogens is 160 g/mol. The van der Waals surface area contributed by atoms with Gasteiger partial charge in [0, 0.05) is 25.7 Å². The second kappa shape index (κ2) is 4.77. The van der Waals surface area contributed by atoms with Crippen molar-refractivity contribution in [2.24, 2.45) is 11.7 Å². The highest BCUT2D eigenvalue weighted by Gasteiger charge is 2.15. The van der Waals surface area contributed by atoms with Crippen molar-refractivity contribution < 1.29 is 0 Å². The van der Waals surface area contributed by atoms with Crippen LogP contribution in [0.2, 0.25) is 0 Å². The summed E-state index contributed by atoms with van der Waals surface area (Å²) >= 11 is 0. The number of hydrogen-bond donors (Lipinski definition) is 1. The fraction of sp³-hybridized carbons (Fsp3) is 0.818. The first-order valence-electron chi connectivity index (χ1n) is 5.23. The zero-order valence-corrected chi connectivity index (χ0v) is 9.09. The highest BCUT2D eigenvalue weighted by molar-refractivity contribution is 5.04. The van der Waals surface area contributed by atoms with Crippen molar-refractivity contribution in [2.45, 2.75) is 33.2 Å². The van der Waals surface area contributed by atoms with E-state index in [2.05, 4.69) is 31.7 Å². The lowest BCUT2D eigenvalue weighted by Gasteiger charge is -2.29. The van der Waals surface area contributed by atoms with Gasteiger partial charge in [-0.25, -0.2) is 0 Å². The highest BCUT2D eigenvalue weighted by Crippen LogP contribution is 2.10. The Morgan fingerprint density at radius 1 is 1.54 bits per heavy atom. The maximum Gasteiger partial charge on any atom is 0.0191 e. The third-order valence-corrected chi connectivity index (χ3v) is 2.74. The third kappa shape index (κ3) is 3.49. The van der Waals surface area contributed by atoms with Gasteiger partial charge >= 0.3 is 0 Å². The summed E-state index contributed by atoms with van der Waals surface area (Å²) in [6, 6.07) is 0.325. The van der Waals surface area contributed by atoms with Gasteiger partial charge < -0.3 is 5.73 Å². The second-order valence-corrected chi connectivity index (χ2v) is 4.48. The van der Waals surface area contributed by atoms with Gasteiger partial charge in [-0.3, -0.25) is 4.90 Å². The summed E-state index contributed by atoms with van der Waals surface area (Å²) in [5, 5.41) is 0. The molecule has 1 unspecified atom stereocenters. The second-order valence-electron chi connectivity index (χ2n) is 4.48. The van der Waals surface area contributed by atoms with Gasteiger partial charge in [0.05, 0.1) is 0 Å². The molecule has 1 heterocycles. The van der Waals surface area contributed by atoms with Crippen LogP contribution >= 0.6 is 0 Å². The van der Waals surface area contributed by atoms with E-state index >= 15 is 0 Å². The molecule has 1 aliphatic heterocycles. The molecule has 0 aromatic heterocycles. The van der Waals surface area contributed by atoms with Gasteiger partial charge in [-0.2, -0.15) is 0 Å². The van der Waals surface area contributed by atoms with Crippen molar-refractivity contribution in [1.82, 2.24) is 4.90 Å². The molecule has 1 rings (SSSR count). The molecule has 76 valence electrons. The van der Waals surface area contributed by atoms with Crippen LogP contribution in [0.25, 0.3) is 0 Å². The van der Waals surface area contributed by atoms with E-state index in [9.17, 15) is 0 Å². The van der Waals surface area contributed by atoms with Crippen molar-refractivity contribution in [3.05, 3.63) is 11.6 Å². The normalized spacial score (nSPS) is 21.8. The van der Waals surface area contributed by atoms with Gasteiger partial charge in [0.25, 0.3) is 0 Å². The fourth-order valence-electron chi connectivity index (χ4n) is 1.65. The molecule has 2 N–H and O–H groups in total. The number of rotatable bonds is 3. The zero-order chi connectivity index (χ0) is 9.84. The first-order chi connectivity index (χ1) is 6.09. The summed E-state index contributed by atoms with van der Waals surface area (Å²) in [5.41, 5.74) is 7.52. The van der Waals surface area contributed by atoms with E-state index in [0.717, 1.165) is 13.1 Å². The van der Waals surface area contributed by atoms with Crippen LogP contribution in [-0.4, -0.2) is 30.6 Å². The molecule has 0 aromatic carbocycles. The number of nitrogens with two attached hydrogens (primary N) is 1. The average molecular weight is 182 g/mol. The predicted octanol–water partition coefficient (Wildman–Crippen LogP) is 1.62. The number of nitrogens with zero attached hydrogens (tertiary/aromatic N) is 1. The molecule has 2 nitrogen and oxygen atoms in total. The molecular formula is C11H22N2. The SMILES string of the molecule is CC1=CCCN(CC(N)C(C)C)C1. The molecule has 0 fully saturated rings. The van der Waals surface area contributed by atoms with Gasteiger partial charge in [0.2, 0.25) is 0 Å². The minimum Gasteiger partial charge on any atom is -0.326 e. The molecule has 0 radical (unpaired) electrons. The Hall–Kier alpha value is -0.340. The summed E-state index contributed by atoms with van der Waals surface area (Å²) in [6.45, 7) is 9.92. The van der Waals surface area contributed by atoms with E-state index < -0.39 is 0 Å². The van der Waals surface area contributed by atoms with Crippen molar-refractivity contribution in [1.29, 1.82) is 0 Å². The molecule has 0 aliphatic carbocycles.